The van der Waals surface area contributed by atoms with E-state index in [1.54, 1.807) is 0 Å². The Bertz CT molecular complexity index is 1250. The molecule has 0 spiro atoms. The van der Waals surface area contributed by atoms with Crippen LogP contribution in [0.25, 0.3) is 22.6 Å². The van der Waals surface area contributed by atoms with E-state index >= 15 is 0 Å². The minimum absolute atomic E-state index is 0. The Kier molecular flexibility index (Phi) is 7.68. The first-order chi connectivity index (χ1) is 16.4. The average Bonchev–Trinajstić information content (AvgIpc) is 3.37. The second kappa shape index (κ2) is 10.6. The van der Waals surface area contributed by atoms with Crippen LogP contribution in [0.3, 0.4) is 0 Å². The summed E-state index contributed by atoms with van der Waals surface area (Å²) in [5.41, 5.74) is 4.53. The number of benzene rings is 2. The maximum atomic E-state index is 5.71. The molecule has 0 atom stereocenters. The summed E-state index contributed by atoms with van der Waals surface area (Å²) in [6.45, 7) is 8.14. The molecule has 0 saturated carbocycles. The summed E-state index contributed by atoms with van der Waals surface area (Å²) < 4.78 is 11.2. The molecule has 0 N–H and O–H groups in total. The Labute approximate surface area is 221 Å². The number of pyridine rings is 1. The summed E-state index contributed by atoms with van der Waals surface area (Å²) >= 11 is 0. The first-order valence-electron chi connectivity index (χ1n) is 11.8. The molecule has 1 aliphatic rings. The fraction of sp³-hybridized carbons (Fsp3) is 0.345. The van der Waals surface area contributed by atoms with Gasteiger partial charge in [-0.3, -0.25) is 0 Å². The second-order valence-corrected chi connectivity index (χ2v) is 9.94. The van der Waals surface area contributed by atoms with Crippen molar-refractivity contribution < 1.29 is 30.3 Å². The van der Waals surface area contributed by atoms with E-state index in [2.05, 4.69) is 36.3 Å². The molecule has 0 aliphatic carbocycles. The zero-order valence-electron chi connectivity index (χ0n) is 20.3. The van der Waals surface area contributed by atoms with Crippen molar-refractivity contribution in [2.45, 2.75) is 45.4 Å². The fourth-order valence-corrected chi connectivity index (χ4v) is 4.42. The largest absolute Gasteiger partial charge is 2.00 e. The Morgan fingerprint density at radius 3 is 2.49 bits per heavy atom. The summed E-state index contributed by atoms with van der Waals surface area (Å²) in [4.78, 5) is 9.59. The van der Waals surface area contributed by atoms with Gasteiger partial charge in [-0.1, -0.05) is 25.5 Å². The topological polar surface area (TPSA) is 61.0 Å². The van der Waals surface area contributed by atoms with Gasteiger partial charge in [-0.05, 0) is 43.9 Å². The van der Waals surface area contributed by atoms with Crippen molar-refractivity contribution in [3.8, 4) is 22.6 Å². The molecule has 35 heavy (non-hydrogen) atoms. The van der Waals surface area contributed by atoms with E-state index in [1.807, 2.05) is 62.4 Å². The summed E-state index contributed by atoms with van der Waals surface area (Å²) in [6, 6.07) is 26.7. The van der Waals surface area contributed by atoms with Crippen molar-refractivity contribution in [1.82, 2.24) is 15.1 Å². The van der Waals surface area contributed by atoms with Crippen LogP contribution in [0.4, 0.5) is 0 Å². The van der Waals surface area contributed by atoms with Crippen LogP contribution in [0.1, 0.15) is 50.8 Å². The Hall–Kier alpha value is -2.62. The molecule has 0 unspecified atom stereocenters. The SMILES string of the molecule is CC1(Cc2c[c-]c(-c3noc(C(C)(C)c4cccc(-c5[c-]cccc5)n4)n3)cc2)CCOCC1.[Pt+2]. The molecule has 6 heteroatoms. The van der Waals surface area contributed by atoms with E-state index in [4.69, 9.17) is 19.2 Å². The van der Waals surface area contributed by atoms with Gasteiger partial charge >= 0.3 is 21.1 Å². The molecule has 4 aromatic rings. The molecule has 5 nitrogen and oxygen atoms in total. The normalized spacial score (nSPS) is 15.4. The van der Waals surface area contributed by atoms with Crippen LogP contribution in [0.5, 0.6) is 0 Å². The van der Waals surface area contributed by atoms with Crippen LogP contribution in [0.2, 0.25) is 0 Å². The average molecular weight is 647 g/mol. The zero-order valence-corrected chi connectivity index (χ0v) is 22.6. The van der Waals surface area contributed by atoms with E-state index in [-0.39, 0.29) is 26.5 Å². The Morgan fingerprint density at radius 1 is 0.943 bits per heavy atom. The van der Waals surface area contributed by atoms with E-state index in [1.165, 1.54) is 5.56 Å². The number of hydrogen-bond acceptors (Lipinski definition) is 5. The van der Waals surface area contributed by atoms with Gasteiger partial charge < -0.3 is 14.2 Å². The third-order valence-corrected chi connectivity index (χ3v) is 6.78. The zero-order chi connectivity index (χ0) is 23.6. The van der Waals surface area contributed by atoms with Gasteiger partial charge in [-0.15, -0.1) is 76.4 Å². The molecular weight excluding hydrogens is 617 g/mol. The summed E-state index contributed by atoms with van der Waals surface area (Å²) in [7, 11) is 0. The quantitative estimate of drug-likeness (QED) is 0.238. The first kappa shape index (κ1) is 25.5. The molecule has 1 fully saturated rings. The van der Waals surface area contributed by atoms with E-state index < -0.39 is 5.41 Å². The molecule has 0 amide bonds. The van der Waals surface area contributed by atoms with Crippen LogP contribution in [0.15, 0.2) is 65.2 Å². The maximum absolute atomic E-state index is 5.71. The Morgan fingerprint density at radius 2 is 1.77 bits per heavy atom. The van der Waals surface area contributed by atoms with E-state index in [9.17, 15) is 0 Å². The third-order valence-electron chi connectivity index (χ3n) is 6.78. The molecule has 3 heterocycles. The van der Waals surface area contributed by atoms with Gasteiger partial charge in [-0.25, -0.2) is 4.98 Å². The van der Waals surface area contributed by atoms with E-state index in [0.29, 0.717) is 11.7 Å². The standard InChI is InChI=1S/C29H29N3O2.Pt/c1-28(2,25-11-7-10-24(30-25)22-8-5-4-6-9-22)27-31-26(32-34-27)23-14-12-21(13-15-23)20-29(3)16-18-33-19-17-29;/h4-8,10-14H,16-20H2,1-3H3;/q-2;+2. The Balaban J connectivity index is 0.00000289. The number of rotatable bonds is 6. The summed E-state index contributed by atoms with van der Waals surface area (Å²) in [6.07, 6.45) is 3.21. The second-order valence-electron chi connectivity index (χ2n) is 9.94. The summed E-state index contributed by atoms with van der Waals surface area (Å²) in [5, 5.41) is 4.25. The van der Waals surface area contributed by atoms with Crippen LogP contribution in [-0.4, -0.2) is 28.3 Å². The predicted molar refractivity (Wildman–Crippen MR) is 131 cm³/mol. The third kappa shape index (κ3) is 5.63. The van der Waals surface area contributed by atoms with Gasteiger partial charge in [0.1, 0.15) is 5.82 Å². The van der Waals surface area contributed by atoms with Crippen molar-refractivity contribution >= 4 is 0 Å². The van der Waals surface area contributed by atoms with E-state index in [0.717, 1.165) is 55.0 Å². The smallest absolute Gasteiger partial charge is 0.381 e. The molecule has 5 rings (SSSR count). The van der Waals surface area contributed by atoms with Gasteiger partial charge in [0.05, 0.1) is 5.41 Å². The van der Waals surface area contributed by atoms with Gasteiger partial charge in [0.15, 0.2) is 0 Å². The molecule has 2 aromatic heterocycles. The van der Waals surface area contributed by atoms with Crippen molar-refractivity contribution in [2.75, 3.05) is 13.2 Å². The monoisotopic (exact) mass is 646 g/mol. The van der Waals surface area contributed by atoms with Gasteiger partial charge in [0.2, 0.25) is 5.89 Å². The number of nitrogens with zero attached hydrogens (tertiary/aromatic N) is 3. The predicted octanol–water partition coefficient (Wildman–Crippen LogP) is 6.08. The van der Waals surface area contributed by atoms with Crippen molar-refractivity contribution in [3.05, 3.63) is 89.9 Å². The van der Waals surface area contributed by atoms with Gasteiger partial charge in [0, 0.05) is 18.9 Å². The first-order valence-corrected chi connectivity index (χ1v) is 11.8. The molecule has 0 bridgehead atoms. The van der Waals surface area contributed by atoms with Crippen LogP contribution < -0.4 is 0 Å². The number of ether oxygens (including phenoxy) is 1. The minimum Gasteiger partial charge on any atom is -0.381 e. The molecule has 2 aromatic carbocycles. The molecule has 1 aliphatic heterocycles. The van der Waals surface area contributed by atoms with Crippen LogP contribution >= 0.6 is 0 Å². The maximum Gasteiger partial charge on any atom is 2.00 e. The minimum atomic E-state index is -0.548. The molecule has 1 saturated heterocycles. The summed E-state index contributed by atoms with van der Waals surface area (Å²) in [5.74, 6) is 1.07. The van der Waals surface area contributed by atoms with Crippen molar-refractivity contribution in [2.24, 2.45) is 5.41 Å². The van der Waals surface area contributed by atoms with Crippen molar-refractivity contribution in [3.63, 3.8) is 0 Å². The van der Waals surface area contributed by atoms with Crippen LogP contribution in [-0.2, 0) is 37.6 Å². The number of aromatic nitrogens is 3. The van der Waals surface area contributed by atoms with Gasteiger partial charge in [0.25, 0.3) is 0 Å². The molecule has 182 valence electrons. The number of hydrogen-bond donors (Lipinski definition) is 0. The van der Waals surface area contributed by atoms with Gasteiger partial charge in [-0.2, -0.15) is 0 Å². The van der Waals surface area contributed by atoms with Crippen LogP contribution in [0, 0.1) is 17.5 Å². The molecular formula is C29H29N3O2Pt. The van der Waals surface area contributed by atoms with Crippen molar-refractivity contribution in [1.29, 1.82) is 0 Å². The molecule has 0 radical (unpaired) electrons. The fourth-order valence-electron chi connectivity index (χ4n) is 4.42.